The van der Waals surface area contributed by atoms with Crippen molar-refractivity contribution in [3.05, 3.63) is 0 Å². The van der Waals surface area contributed by atoms with Crippen LogP contribution in [0.1, 0.15) is 117 Å². The number of hydrogen-bond donors (Lipinski definition) is 1. The van der Waals surface area contributed by atoms with Crippen LogP contribution < -0.4 is 5.32 Å². The maximum absolute atomic E-state index is 3.69. The van der Waals surface area contributed by atoms with E-state index in [1.165, 1.54) is 109 Å². The van der Waals surface area contributed by atoms with Crippen molar-refractivity contribution in [2.45, 2.75) is 123 Å². The van der Waals surface area contributed by atoms with Crippen LogP contribution in [0.15, 0.2) is 0 Å². The Bertz CT molecular complexity index is 220. The Labute approximate surface area is 141 Å². The minimum atomic E-state index is 0.830. The lowest BCUT2D eigenvalue weighted by molar-refractivity contribution is 0.323. The lowest BCUT2D eigenvalue weighted by Gasteiger charge is -2.26. The Hall–Kier alpha value is -0.0400. The summed E-state index contributed by atoms with van der Waals surface area (Å²) in [6.07, 6.45) is 23.2. The van der Waals surface area contributed by atoms with Gasteiger partial charge in [-0.1, -0.05) is 97.3 Å². The first-order chi connectivity index (χ1) is 10.8. The summed E-state index contributed by atoms with van der Waals surface area (Å²) >= 11 is 0. The molecule has 0 amide bonds. The molecule has 1 aliphatic rings. The van der Waals surface area contributed by atoms with Crippen LogP contribution in [0.3, 0.4) is 0 Å². The van der Waals surface area contributed by atoms with Gasteiger partial charge in [0.2, 0.25) is 0 Å². The highest BCUT2D eigenvalue weighted by atomic mass is 14.9. The monoisotopic (exact) mass is 309 g/mol. The van der Waals surface area contributed by atoms with E-state index >= 15 is 0 Å². The smallest absolute Gasteiger partial charge is 0.00696 e. The lowest BCUT2D eigenvalue weighted by Crippen LogP contribution is -2.35. The molecular formula is C21H43N. The average Bonchev–Trinajstić information content (AvgIpc) is 2.53. The van der Waals surface area contributed by atoms with Gasteiger partial charge in [0.1, 0.15) is 0 Å². The van der Waals surface area contributed by atoms with Crippen molar-refractivity contribution in [1.82, 2.24) is 5.32 Å². The van der Waals surface area contributed by atoms with Gasteiger partial charge >= 0.3 is 0 Å². The van der Waals surface area contributed by atoms with Crippen LogP contribution in [0, 0.1) is 5.92 Å². The second-order valence-electron chi connectivity index (χ2n) is 7.81. The van der Waals surface area contributed by atoms with Gasteiger partial charge in [-0.25, -0.2) is 0 Å². The minimum Gasteiger partial charge on any atom is -0.314 e. The quantitative estimate of drug-likeness (QED) is 0.346. The van der Waals surface area contributed by atoms with Crippen molar-refractivity contribution >= 4 is 0 Å². The van der Waals surface area contributed by atoms with E-state index < -0.39 is 0 Å². The third-order valence-electron chi connectivity index (χ3n) is 5.40. The van der Waals surface area contributed by atoms with Crippen molar-refractivity contribution in [2.75, 3.05) is 6.54 Å². The van der Waals surface area contributed by atoms with Crippen molar-refractivity contribution in [1.29, 1.82) is 0 Å². The molecule has 0 radical (unpaired) electrons. The van der Waals surface area contributed by atoms with Gasteiger partial charge in [-0.15, -0.1) is 0 Å². The Balaban J connectivity index is 1.78. The standard InChI is InChI=1S/C21H43N/c1-3-4-5-6-7-8-9-10-11-12-13-16-20(2)19-21-17-14-15-18-22-21/h20-22H,3-19H2,1-2H3. The predicted octanol–water partition coefficient (Wildman–Crippen LogP) is 6.86. The largest absolute Gasteiger partial charge is 0.314 e. The predicted molar refractivity (Wildman–Crippen MR) is 101 cm³/mol. The first kappa shape index (κ1) is 20.0. The van der Waals surface area contributed by atoms with E-state index in [-0.39, 0.29) is 0 Å². The molecule has 22 heavy (non-hydrogen) atoms. The van der Waals surface area contributed by atoms with Crippen LogP contribution in [0.5, 0.6) is 0 Å². The molecule has 1 nitrogen and oxygen atoms in total. The van der Waals surface area contributed by atoms with Gasteiger partial charge in [-0.05, 0) is 31.7 Å². The molecule has 0 saturated carbocycles. The molecule has 0 spiro atoms. The summed E-state index contributed by atoms with van der Waals surface area (Å²) in [6.45, 7) is 6.02. The Kier molecular flexibility index (Phi) is 13.2. The van der Waals surface area contributed by atoms with Crippen LogP contribution in [0.25, 0.3) is 0 Å². The maximum atomic E-state index is 3.69. The van der Waals surface area contributed by atoms with Crippen LogP contribution >= 0.6 is 0 Å². The third-order valence-corrected chi connectivity index (χ3v) is 5.40. The molecule has 132 valence electrons. The third kappa shape index (κ3) is 11.5. The van der Waals surface area contributed by atoms with E-state index in [9.17, 15) is 0 Å². The fraction of sp³-hybridized carbons (Fsp3) is 1.00. The summed E-state index contributed by atoms with van der Waals surface area (Å²) in [4.78, 5) is 0. The first-order valence-corrected chi connectivity index (χ1v) is 10.6. The number of piperidine rings is 1. The molecule has 0 aliphatic carbocycles. The fourth-order valence-electron chi connectivity index (χ4n) is 3.89. The van der Waals surface area contributed by atoms with Crippen LogP contribution in [-0.4, -0.2) is 12.6 Å². The van der Waals surface area contributed by atoms with Gasteiger partial charge in [-0.2, -0.15) is 0 Å². The highest BCUT2D eigenvalue weighted by Crippen LogP contribution is 2.20. The fourth-order valence-corrected chi connectivity index (χ4v) is 3.89. The normalized spacial score (nSPS) is 20.2. The number of rotatable bonds is 14. The molecule has 1 aliphatic heterocycles. The molecule has 1 heterocycles. The summed E-state index contributed by atoms with van der Waals surface area (Å²) in [5, 5.41) is 3.69. The van der Waals surface area contributed by atoms with E-state index in [0.717, 1.165) is 12.0 Å². The Morgan fingerprint density at radius 3 is 1.95 bits per heavy atom. The number of unbranched alkanes of at least 4 members (excludes halogenated alkanes) is 10. The van der Waals surface area contributed by atoms with Crippen molar-refractivity contribution in [2.24, 2.45) is 5.92 Å². The topological polar surface area (TPSA) is 12.0 Å². The molecule has 2 unspecified atom stereocenters. The molecule has 0 aromatic carbocycles. The SMILES string of the molecule is CCCCCCCCCCCCCC(C)CC1CCCCN1. The second-order valence-corrected chi connectivity index (χ2v) is 7.81. The van der Waals surface area contributed by atoms with E-state index in [1.807, 2.05) is 0 Å². The molecule has 1 N–H and O–H groups in total. The lowest BCUT2D eigenvalue weighted by atomic mass is 9.91. The molecule has 2 atom stereocenters. The average molecular weight is 310 g/mol. The molecule has 0 aromatic rings. The summed E-state index contributed by atoms with van der Waals surface area (Å²) in [5.41, 5.74) is 0. The highest BCUT2D eigenvalue weighted by Gasteiger charge is 2.15. The summed E-state index contributed by atoms with van der Waals surface area (Å²) in [7, 11) is 0. The van der Waals surface area contributed by atoms with Crippen molar-refractivity contribution in [3.63, 3.8) is 0 Å². The van der Waals surface area contributed by atoms with Gasteiger partial charge in [-0.3, -0.25) is 0 Å². The van der Waals surface area contributed by atoms with E-state index in [2.05, 4.69) is 19.2 Å². The molecule has 1 rings (SSSR count). The zero-order valence-electron chi connectivity index (χ0n) is 15.7. The maximum Gasteiger partial charge on any atom is 0.00696 e. The molecule has 1 heteroatoms. The Morgan fingerprint density at radius 2 is 1.41 bits per heavy atom. The summed E-state index contributed by atoms with van der Waals surface area (Å²) < 4.78 is 0. The van der Waals surface area contributed by atoms with Crippen LogP contribution in [0.4, 0.5) is 0 Å². The summed E-state index contributed by atoms with van der Waals surface area (Å²) in [6, 6.07) is 0.830. The second kappa shape index (κ2) is 14.5. The van der Waals surface area contributed by atoms with Gasteiger partial charge < -0.3 is 5.32 Å². The van der Waals surface area contributed by atoms with Crippen LogP contribution in [0.2, 0.25) is 0 Å². The zero-order chi connectivity index (χ0) is 15.9. The number of hydrogen-bond acceptors (Lipinski definition) is 1. The van der Waals surface area contributed by atoms with Gasteiger partial charge in [0.25, 0.3) is 0 Å². The van der Waals surface area contributed by atoms with Gasteiger partial charge in [0.15, 0.2) is 0 Å². The van der Waals surface area contributed by atoms with E-state index in [4.69, 9.17) is 0 Å². The molecule has 1 saturated heterocycles. The molecule has 0 bridgehead atoms. The van der Waals surface area contributed by atoms with E-state index in [1.54, 1.807) is 0 Å². The van der Waals surface area contributed by atoms with Gasteiger partial charge in [0, 0.05) is 6.04 Å². The number of nitrogens with one attached hydrogen (secondary N) is 1. The Morgan fingerprint density at radius 1 is 0.818 bits per heavy atom. The van der Waals surface area contributed by atoms with Crippen molar-refractivity contribution < 1.29 is 0 Å². The first-order valence-electron chi connectivity index (χ1n) is 10.6. The van der Waals surface area contributed by atoms with Crippen LogP contribution in [-0.2, 0) is 0 Å². The molecule has 0 aromatic heterocycles. The molecule has 1 fully saturated rings. The van der Waals surface area contributed by atoms with Gasteiger partial charge in [0.05, 0.1) is 0 Å². The van der Waals surface area contributed by atoms with Crippen molar-refractivity contribution in [3.8, 4) is 0 Å². The summed E-state index contributed by atoms with van der Waals surface area (Å²) in [5.74, 6) is 0.925. The highest BCUT2D eigenvalue weighted by molar-refractivity contribution is 4.74. The van der Waals surface area contributed by atoms with E-state index in [0.29, 0.717) is 0 Å². The molecular weight excluding hydrogens is 266 g/mol. The zero-order valence-corrected chi connectivity index (χ0v) is 15.7. The minimum absolute atomic E-state index is 0.830.